The van der Waals surface area contributed by atoms with Gasteiger partial charge in [0.1, 0.15) is 5.75 Å². The Hall–Kier alpha value is -1.83. The number of aliphatic hydroxyl groups is 1. The van der Waals surface area contributed by atoms with Crippen LogP contribution in [0.15, 0.2) is 18.2 Å². The Kier molecular flexibility index (Phi) is 7.30. The standard InChI is InChI=1S/C17H28N4O3/c1-24-16-13-14(3-4-15(16)18)17(23)19-5-2-6-20-7-9-21(10-8-20)11-12-22/h3-4,13,22H,2,5-12,18H2,1H3,(H,19,23). The van der Waals surface area contributed by atoms with E-state index < -0.39 is 0 Å². The molecule has 2 rings (SSSR count). The van der Waals surface area contributed by atoms with Crippen molar-refractivity contribution in [1.82, 2.24) is 15.1 Å². The van der Waals surface area contributed by atoms with E-state index in [0.29, 0.717) is 23.5 Å². The second-order valence-corrected chi connectivity index (χ2v) is 5.97. The van der Waals surface area contributed by atoms with Crippen LogP contribution in [0.25, 0.3) is 0 Å². The van der Waals surface area contributed by atoms with Gasteiger partial charge < -0.3 is 25.8 Å². The summed E-state index contributed by atoms with van der Waals surface area (Å²) in [6, 6.07) is 5.04. The maximum Gasteiger partial charge on any atom is 0.251 e. The number of nitrogens with two attached hydrogens (primary N) is 1. The lowest BCUT2D eigenvalue weighted by atomic mass is 10.1. The Labute approximate surface area is 143 Å². The fraction of sp³-hybridized carbons (Fsp3) is 0.588. The first-order valence-electron chi connectivity index (χ1n) is 8.41. The van der Waals surface area contributed by atoms with Gasteiger partial charge in [0.15, 0.2) is 0 Å². The highest BCUT2D eigenvalue weighted by Crippen LogP contribution is 2.21. The lowest BCUT2D eigenvalue weighted by Crippen LogP contribution is -2.47. The third kappa shape index (κ3) is 5.36. The zero-order valence-corrected chi connectivity index (χ0v) is 14.3. The van der Waals surface area contributed by atoms with Gasteiger partial charge in [-0.25, -0.2) is 0 Å². The first-order chi connectivity index (χ1) is 11.6. The smallest absolute Gasteiger partial charge is 0.251 e. The van der Waals surface area contributed by atoms with Gasteiger partial charge >= 0.3 is 0 Å². The molecule has 0 saturated carbocycles. The topological polar surface area (TPSA) is 91.1 Å². The minimum atomic E-state index is -0.110. The molecule has 1 aliphatic heterocycles. The minimum Gasteiger partial charge on any atom is -0.495 e. The molecule has 1 amide bonds. The van der Waals surface area contributed by atoms with E-state index in [9.17, 15) is 4.79 Å². The van der Waals surface area contributed by atoms with Crippen molar-refractivity contribution in [3.63, 3.8) is 0 Å². The number of piperazine rings is 1. The molecule has 1 aromatic carbocycles. The summed E-state index contributed by atoms with van der Waals surface area (Å²) in [5.74, 6) is 0.407. The van der Waals surface area contributed by atoms with Crippen molar-refractivity contribution in [2.45, 2.75) is 6.42 Å². The Bertz CT molecular complexity index is 531. The van der Waals surface area contributed by atoms with Gasteiger partial charge in [0, 0.05) is 44.8 Å². The Morgan fingerprint density at radius 3 is 2.54 bits per heavy atom. The molecular formula is C17H28N4O3. The number of anilines is 1. The molecule has 1 saturated heterocycles. The predicted molar refractivity (Wildman–Crippen MR) is 94.3 cm³/mol. The fourth-order valence-electron chi connectivity index (χ4n) is 2.84. The van der Waals surface area contributed by atoms with Gasteiger partial charge in [0.05, 0.1) is 19.4 Å². The molecule has 1 fully saturated rings. The van der Waals surface area contributed by atoms with Gasteiger partial charge in [0.2, 0.25) is 0 Å². The summed E-state index contributed by atoms with van der Waals surface area (Å²) in [5.41, 5.74) is 6.83. The van der Waals surface area contributed by atoms with Crippen molar-refractivity contribution in [1.29, 1.82) is 0 Å². The summed E-state index contributed by atoms with van der Waals surface area (Å²) >= 11 is 0. The molecule has 0 spiro atoms. The fourth-order valence-corrected chi connectivity index (χ4v) is 2.84. The van der Waals surface area contributed by atoms with E-state index in [-0.39, 0.29) is 12.5 Å². The largest absolute Gasteiger partial charge is 0.495 e. The van der Waals surface area contributed by atoms with Crippen molar-refractivity contribution in [3.05, 3.63) is 23.8 Å². The van der Waals surface area contributed by atoms with E-state index >= 15 is 0 Å². The average Bonchev–Trinajstić information content (AvgIpc) is 2.60. The zero-order chi connectivity index (χ0) is 17.4. The molecule has 4 N–H and O–H groups in total. The monoisotopic (exact) mass is 336 g/mol. The number of nitrogens with one attached hydrogen (secondary N) is 1. The van der Waals surface area contributed by atoms with Crippen LogP contribution in [0.4, 0.5) is 5.69 Å². The van der Waals surface area contributed by atoms with Crippen LogP contribution in [0.1, 0.15) is 16.8 Å². The number of β-amino-alcohol motifs (C(OH)–C–C–N with tert-alkyl or cyclic N) is 1. The molecule has 7 heteroatoms. The van der Waals surface area contributed by atoms with Gasteiger partial charge in [-0.1, -0.05) is 0 Å². The Morgan fingerprint density at radius 2 is 1.92 bits per heavy atom. The zero-order valence-electron chi connectivity index (χ0n) is 14.3. The number of nitrogens with zero attached hydrogens (tertiary/aromatic N) is 2. The van der Waals surface area contributed by atoms with Gasteiger partial charge in [-0.2, -0.15) is 0 Å². The van der Waals surface area contributed by atoms with Crippen LogP contribution in [-0.4, -0.2) is 80.3 Å². The number of nitrogen functional groups attached to an aromatic ring is 1. The van der Waals surface area contributed by atoms with Gasteiger partial charge in [-0.05, 0) is 31.2 Å². The van der Waals surface area contributed by atoms with E-state index in [1.54, 1.807) is 18.2 Å². The maximum absolute atomic E-state index is 12.1. The number of carbonyl (C=O) groups is 1. The number of rotatable bonds is 8. The van der Waals surface area contributed by atoms with Crippen LogP contribution in [0, 0.1) is 0 Å². The molecule has 0 aromatic heterocycles. The number of hydrogen-bond donors (Lipinski definition) is 3. The first-order valence-corrected chi connectivity index (χ1v) is 8.41. The van der Waals surface area contributed by atoms with E-state index in [1.807, 2.05) is 0 Å². The summed E-state index contributed by atoms with van der Waals surface area (Å²) in [6.45, 7) is 6.63. The summed E-state index contributed by atoms with van der Waals surface area (Å²) in [5, 5.41) is 11.9. The van der Waals surface area contributed by atoms with E-state index in [1.165, 1.54) is 7.11 Å². The molecule has 0 aliphatic carbocycles. The number of hydrogen-bond acceptors (Lipinski definition) is 6. The van der Waals surface area contributed by atoms with Gasteiger partial charge in [0.25, 0.3) is 5.91 Å². The first kappa shape index (κ1) is 18.5. The van der Waals surface area contributed by atoms with E-state index in [0.717, 1.165) is 45.7 Å². The second-order valence-electron chi connectivity index (χ2n) is 5.97. The Balaban J connectivity index is 1.66. The number of aliphatic hydroxyl groups excluding tert-OH is 1. The highest BCUT2D eigenvalue weighted by Gasteiger charge is 2.15. The lowest BCUT2D eigenvalue weighted by molar-refractivity contribution is 0.0944. The number of benzene rings is 1. The van der Waals surface area contributed by atoms with Crippen LogP contribution < -0.4 is 15.8 Å². The molecule has 134 valence electrons. The average molecular weight is 336 g/mol. The quantitative estimate of drug-likeness (QED) is 0.457. The third-order valence-electron chi connectivity index (χ3n) is 4.31. The van der Waals surface area contributed by atoms with Crippen LogP contribution in [-0.2, 0) is 0 Å². The highest BCUT2D eigenvalue weighted by molar-refractivity contribution is 5.95. The van der Waals surface area contributed by atoms with E-state index in [4.69, 9.17) is 15.6 Å². The molecule has 24 heavy (non-hydrogen) atoms. The number of ether oxygens (including phenoxy) is 1. The molecule has 0 atom stereocenters. The molecule has 0 bridgehead atoms. The summed E-state index contributed by atoms with van der Waals surface area (Å²) in [6.07, 6.45) is 0.915. The molecule has 0 unspecified atom stereocenters. The molecule has 1 aromatic rings. The van der Waals surface area contributed by atoms with Gasteiger partial charge in [-0.15, -0.1) is 0 Å². The van der Waals surface area contributed by atoms with Crippen molar-refractivity contribution in [2.75, 3.05) is 65.3 Å². The normalized spacial score (nSPS) is 16.1. The summed E-state index contributed by atoms with van der Waals surface area (Å²) < 4.78 is 5.14. The van der Waals surface area contributed by atoms with Crippen LogP contribution >= 0.6 is 0 Å². The number of carbonyl (C=O) groups excluding carboxylic acids is 1. The predicted octanol–water partition coefficient (Wildman–Crippen LogP) is 0.00720. The molecule has 0 radical (unpaired) electrons. The molecule has 1 heterocycles. The minimum absolute atomic E-state index is 0.110. The molecular weight excluding hydrogens is 308 g/mol. The van der Waals surface area contributed by atoms with E-state index in [2.05, 4.69) is 15.1 Å². The third-order valence-corrected chi connectivity index (χ3v) is 4.31. The van der Waals surface area contributed by atoms with Crippen molar-refractivity contribution >= 4 is 11.6 Å². The van der Waals surface area contributed by atoms with Crippen LogP contribution in [0.3, 0.4) is 0 Å². The second kappa shape index (κ2) is 9.46. The number of methoxy groups -OCH3 is 1. The summed E-state index contributed by atoms with van der Waals surface area (Å²) in [7, 11) is 1.54. The van der Waals surface area contributed by atoms with Crippen molar-refractivity contribution < 1.29 is 14.6 Å². The van der Waals surface area contributed by atoms with Gasteiger partial charge in [-0.3, -0.25) is 9.69 Å². The molecule has 7 nitrogen and oxygen atoms in total. The lowest BCUT2D eigenvalue weighted by Gasteiger charge is -2.34. The van der Waals surface area contributed by atoms with Crippen molar-refractivity contribution in [3.8, 4) is 5.75 Å². The summed E-state index contributed by atoms with van der Waals surface area (Å²) in [4.78, 5) is 16.8. The van der Waals surface area contributed by atoms with Crippen LogP contribution in [0.5, 0.6) is 5.75 Å². The van der Waals surface area contributed by atoms with Crippen LogP contribution in [0.2, 0.25) is 0 Å². The number of amides is 1. The van der Waals surface area contributed by atoms with Crippen molar-refractivity contribution in [2.24, 2.45) is 0 Å². The Morgan fingerprint density at radius 1 is 1.25 bits per heavy atom. The molecule has 1 aliphatic rings. The highest BCUT2D eigenvalue weighted by atomic mass is 16.5. The maximum atomic E-state index is 12.1. The SMILES string of the molecule is COc1cc(C(=O)NCCCN2CCN(CCO)CC2)ccc1N.